The van der Waals surface area contributed by atoms with Crippen molar-refractivity contribution >= 4 is 21.6 Å². The van der Waals surface area contributed by atoms with Crippen molar-refractivity contribution in [2.24, 2.45) is 0 Å². The smallest absolute Gasteiger partial charge is 0.328 e. The van der Waals surface area contributed by atoms with Crippen molar-refractivity contribution in [3.8, 4) is 16.9 Å². The van der Waals surface area contributed by atoms with Gasteiger partial charge in [0.15, 0.2) is 0 Å². The van der Waals surface area contributed by atoms with Crippen molar-refractivity contribution in [2.45, 2.75) is 10.9 Å². The summed E-state index contributed by atoms with van der Waals surface area (Å²) in [5.74, 6) is -0.317. The molecular formula is C32H29N5O4S. The third-order valence-corrected chi connectivity index (χ3v) is 8.67. The van der Waals surface area contributed by atoms with Gasteiger partial charge in [-0.1, -0.05) is 91.0 Å². The summed E-state index contributed by atoms with van der Waals surface area (Å²) in [6, 6.07) is 33.3. The van der Waals surface area contributed by atoms with Gasteiger partial charge < -0.3 is 15.2 Å². The molecule has 4 aromatic carbocycles. The summed E-state index contributed by atoms with van der Waals surface area (Å²) in [4.78, 5) is 32.7. The van der Waals surface area contributed by atoms with Gasteiger partial charge in [0.25, 0.3) is 15.9 Å². The molecule has 10 heteroatoms. The standard InChI is InChI=1S/C32H29N5O4S/c38-31(36-21-20-33-22-28(36)23-12-4-1-5-13-23)29-30(24-14-6-2-7-15-24)37(32(39)34-29)27-19-11-10-18-26(27)35-42(40,41)25-16-8-3-9-17-25/h1-19,28,33,35H,20-22H2,(H,34,39). The average molecular weight is 580 g/mol. The summed E-state index contributed by atoms with van der Waals surface area (Å²) in [5, 5.41) is 3.36. The predicted molar refractivity (Wildman–Crippen MR) is 162 cm³/mol. The van der Waals surface area contributed by atoms with Crippen LogP contribution in [0.4, 0.5) is 5.69 Å². The number of amides is 1. The summed E-state index contributed by atoms with van der Waals surface area (Å²) in [7, 11) is -3.96. The van der Waals surface area contributed by atoms with E-state index in [1.54, 1.807) is 47.4 Å². The molecule has 0 aliphatic carbocycles. The SMILES string of the molecule is O=C(c1[nH]c(=O)n(-c2ccccc2NS(=O)(=O)c2ccccc2)c1-c1ccccc1)N1CCNCC1c1ccccc1. The van der Waals surface area contributed by atoms with Gasteiger partial charge in [0.2, 0.25) is 0 Å². The number of aromatic amines is 1. The molecule has 1 aliphatic heterocycles. The molecule has 1 amide bonds. The molecule has 1 aromatic heterocycles. The largest absolute Gasteiger partial charge is 0.331 e. The Morgan fingerprint density at radius 1 is 0.810 bits per heavy atom. The van der Waals surface area contributed by atoms with Crippen molar-refractivity contribution in [3.63, 3.8) is 0 Å². The van der Waals surface area contributed by atoms with Crippen LogP contribution in [0.1, 0.15) is 22.1 Å². The highest BCUT2D eigenvalue weighted by atomic mass is 32.2. The van der Waals surface area contributed by atoms with E-state index in [9.17, 15) is 18.0 Å². The van der Waals surface area contributed by atoms with Crippen LogP contribution in [0, 0.1) is 0 Å². The third-order valence-electron chi connectivity index (χ3n) is 7.29. The average Bonchev–Trinajstić information content (AvgIpc) is 3.38. The van der Waals surface area contributed by atoms with E-state index in [0.29, 0.717) is 30.9 Å². The first-order valence-electron chi connectivity index (χ1n) is 13.6. The number of anilines is 1. The fourth-order valence-corrected chi connectivity index (χ4v) is 6.41. The first kappa shape index (κ1) is 27.3. The lowest BCUT2D eigenvalue weighted by atomic mass is 10.0. The maximum absolute atomic E-state index is 14.3. The van der Waals surface area contributed by atoms with Gasteiger partial charge in [0.1, 0.15) is 5.69 Å². The van der Waals surface area contributed by atoms with E-state index in [-0.39, 0.29) is 33.9 Å². The van der Waals surface area contributed by atoms with Crippen molar-refractivity contribution in [1.82, 2.24) is 19.8 Å². The van der Waals surface area contributed by atoms with Crippen molar-refractivity contribution in [3.05, 3.63) is 137 Å². The maximum Gasteiger partial charge on any atom is 0.331 e. The lowest BCUT2D eigenvalue weighted by Crippen LogP contribution is -2.49. The highest BCUT2D eigenvalue weighted by molar-refractivity contribution is 7.92. The molecule has 2 heterocycles. The molecule has 0 radical (unpaired) electrons. The van der Waals surface area contributed by atoms with Crippen LogP contribution in [-0.2, 0) is 10.0 Å². The Labute approximate surface area is 243 Å². The summed E-state index contributed by atoms with van der Waals surface area (Å²) in [6.07, 6.45) is 0. The fraction of sp³-hybridized carbons (Fsp3) is 0.125. The summed E-state index contributed by atoms with van der Waals surface area (Å²) < 4.78 is 30.5. The van der Waals surface area contributed by atoms with E-state index in [4.69, 9.17) is 0 Å². The normalized spacial score (nSPS) is 15.3. The lowest BCUT2D eigenvalue weighted by molar-refractivity contribution is 0.0629. The number of hydrogen-bond acceptors (Lipinski definition) is 5. The Hall–Kier alpha value is -4.93. The molecular weight excluding hydrogens is 550 g/mol. The minimum Gasteiger partial charge on any atom is -0.328 e. The molecule has 1 fully saturated rings. The van der Waals surface area contributed by atoms with E-state index in [1.807, 2.05) is 60.7 Å². The Morgan fingerprint density at radius 3 is 2.14 bits per heavy atom. The van der Waals surface area contributed by atoms with Crippen LogP contribution in [0.3, 0.4) is 0 Å². The Morgan fingerprint density at radius 2 is 1.43 bits per heavy atom. The number of piperazine rings is 1. The lowest BCUT2D eigenvalue weighted by Gasteiger charge is -2.36. The third kappa shape index (κ3) is 5.25. The molecule has 1 unspecified atom stereocenters. The molecule has 1 saturated heterocycles. The predicted octanol–water partition coefficient (Wildman–Crippen LogP) is 4.42. The van der Waals surface area contributed by atoms with Gasteiger partial charge in [-0.2, -0.15) is 0 Å². The van der Waals surface area contributed by atoms with Gasteiger partial charge in [-0.3, -0.25) is 14.1 Å². The molecule has 3 N–H and O–H groups in total. The van der Waals surface area contributed by atoms with Gasteiger partial charge in [-0.25, -0.2) is 13.2 Å². The van der Waals surface area contributed by atoms with Crippen LogP contribution in [-0.4, -0.2) is 48.4 Å². The molecule has 0 spiro atoms. The number of rotatable bonds is 7. The first-order chi connectivity index (χ1) is 20.4. The zero-order chi connectivity index (χ0) is 29.1. The number of carbonyl (C=O) groups is 1. The van der Waals surface area contributed by atoms with E-state index in [0.717, 1.165) is 5.56 Å². The van der Waals surface area contributed by atoms with E-state index < -0.39 is 15.7 Å². The number of nitrogens with zero attached hydrogens (tertiary/aromatic N) is 2. The van der Waals surface area contributed by atoms with Crippen LogP contribution >= 0.6 is 0 Å². The second-order valence-electron chi connectivity index (χ2n) is 9.92. The van der Waals surface area contributed by atoms with Crippen LogP contribution < -0.4 is 15.7 Å². The molecule has 212 valence electrons. The van der Waals surface area contributed by atoms with Gasteiger partial charge in [-0.05, 0) is 29.8 Å². The topological polar surface area (TPSA) is 116 Å². The van der Waals surface area contributed by atoms with Crippen LogP contribution in [0.5, 0.6) is 0 Å². The molecule has 9 nitrogen and oxygen atoms in total. The number of aromatic nitrogens is 2. The van der Waals surface area contributed by atoms with Gasteiger partial charge in [0.05, 0.1) is 28.0 Å². The van der Waals surface area contributed by atoms with Gasteiger partial charge in [0, 0.05) is 25.2 Å². The number of benzene rings is 4. The van der Waals surface area contributed by atoms with Crippen molar-refractivity contribution in [1.29, 1.82) is 0 Å². The van der Waals surface area contributed by atoms with Crippen molar-refractivity contribution < 1.29 is 13.2 Å². The van der Waals surface area contributed by atoms with E-state index in [1.165, 1.54) is 16.7 Å². The summed E-state index contributed by atoms with van der Waals surface area (Å²) >= 11 is 0. The van der Waals surface area contributed by atoms with Gasteiger partial charge >= 0.3 is 5.69 Å². The second-order valence-corrected chi connectivity index (χ2v) is 11.6. The Bertz CT molecular complexity index is 1870. The van der Waals surface area contributed by atoms with Crippen LogP contribution in [0.25, 0.3) is 16.9 Å². The number of carbonyl (C=O) groups excluding carboxylic acids is 1. The highest BCUT2D eigenvalue weighted by Crippen LogP contribution is 2.32. The first-order valence-corrected chi connectivity index (χ1v) is 15.1. The molecule has 1 atom stereocenters. The Balaban J connectivity index is 1.49. The number of imidazole rings is 1. The number of hydrogen-bond donors (Lipinski definition) is 3. The maximum atomic E-state index is 14.3. The summed E-state index contributed by atoms with van der Waals surface area (Å²) in [5.41, 5.74) is 2.03. The monoisotopic (exact) mass is 579 g/mol. The molecule has 6 rings (SSSR count). The molecule has 0 bridgehead atoms. The summed E-state index contributed by atoms with van der Waals surface area (Å²) in [6.45, 7) is 1.64. The minimum atomic E-state index is -3.96. The highest BCUT2D eigenvalue weighted by Gasteiger charge is 2.33. The molecule has 42 heavy (non-hydrogen) atoms. The van der Waals surface area contributed by atoms with E-state index in [2.05, 4.69) is 15.0 Å². The number of sulfonamides is 1. The zero-order valence-corrected chi connectivity index (χ0v) is 23.4. The van der Waals surface area contributed by atoms with Crippen LogP contribution in [0.2, 0.25) is 0 Å². The number of nitrogens with one attached hydrogen (secondary N) is 3. The molecule has 5 aromatic rings. The molecule has 1 aliphatic rings. The number of para-hydroxylation sites is 2. The Kier molecular flexibility index (Phi) is 7.47. The van der Waals surface area contributed by atoms with Gasteiger partial charge in [-0.15, -0.1) is 0 Å². The minimum absolute atomic E-state index is 0.0889. The van der Waals surface area contributed by atoms with Crippen molar-refractivity contribution in [2.75, 3.05) is 24.4 Å². The molecule has 0 saturated carbocycles. The van der Waals surface area contributed by atoms with E-state index >= 15 is 0 Å². The van der Waals surface area contributed by atoms with Crippen LogP contribution in [0.15, 0.2) is 125 Å². The zero-order valence-electron chi connectivity index (χ0n) is 22.6. The quantitative estimate of drug-likeness (QED) is 0.264. The number of H-pyrrole nitrogens is 1. The second kappa shape index (κ2) is 11.5. The fourth-order valence-electron chi connectivity index (χ4n) is 5.31.